The number of fused-ring (bicyclic) bond motifs is 1. The van der Waals surface area contributed by atoms with Crippen LogP contribution in [0.3, 0.4) is 0 Å². The number of aliphatic hydroxyl groups is 2. The lowest BCUT2D eigenvalue weighted by atomic mass is 9.85. The molecular weight excluding hydrogens is 1080 g/mol. The summed E-state index contributed by atoms with van der Waals surface area (Å²) in [4.78, 5) is 70.1. The van der Waals surface area contributed by atoms with Crippen molar-refractivity contribution >= 4 is 51.9 Å². The van der Waals surface area contributed by atoms with Crippen molar-refractivity contribution in [1.29, 1.82) is 0 Å². The molecule has 23 heteroatoms. The van der Waals surface area contributed by atoms with Gasteiger partial charge in [0.15, 0.2) is 0 Å². The molecule has 0 spiro atoms. The van der Waals surface area contributed by atoms with Gasteiger partial charge in [-0.15, -0.1) is 11.3 Å². The number of ether oxygens (including phenoxy) is 4. The van der Waals surface area contributed by atoms with Crippen LogP contribution in [0.5, 0.6) is 0 Å². The van der Waals surface area contributed by atoms with Gasteiger partial charge in [0.2, 0.25) is 23.7 Å². The Morgan fingerprint density at radius 3 is 2.12 bits per heavy atom. The third kappa shape index (κ3) is 17.1. The van der Waals surface area contributed by atoms with Crippen LogP contribution in [0.2, 0.25) is 0 Å². The largest absolute Gasteiger partial charge is 0.416 e. The monoisotopic (exact) mass is 1160 g/mol. The molecule has 446 valence electrons. The topological polar surface area (TPSA) is 222 Å². The first-order chi connectivity index (χ1) is 39.3. The van der Waals surface area contributed by atoms with Crippen LogP contribution < -0.4 is 16.0 Å². The molecule has 1 saturated carbocycles. The van der Waals surface area contributed by atoms with Crippen molar-refractivity contribution in [2.75, 3.05) is 104 Å². The van der Waals surface area contributed by atoms with E-state index in [1.165, 1.54) is 17.0 Å². The van der Waals surface area contributed by atoms with Crippen molar-refractivity contribution in [3.63, 3.8) is 0 Å². The number of β-amino-alcohol motifs (C(OH)–C–C–N with tert-alkyl or cyclic N) is 1. The van der Waals surface area contributed by atoms with Crippen molar-refractivity contribution in [1.82, 2.24) is 39.9 Å². The highest BCUT2D eigenvalue weighted by atomic mass is 32.1. The number of carbonyl (C=O) groups is 4. The number of hydrogen-bond acceptors (Lipinski definition) is 15. The number of imidazole rings is 1. The van der Waals surface area contributed by atoms with Gasteiger partial charge in [0, 0.05) is 77.0 Å². The molecule has 82 heavy (non-hydrogen) atoms. The van der Waals surface area contributed by atoms with Gasteiger partial charge in [0.05, 0.1) is 85.0 Å². The van der Waals surface area contributed by atoms with Gasteiger partial charge in [-0.2, -0.15) is 13.2 Å². The molecule has 1 aliphatic carbocycles. The molecule has 2 saturated heterocycles. The fraction of sp³-hybridized carbons (Fsp3) is 0.559. The Morgan fingerprint density at radius 2 is 1.48 bits per heavy atom. The van der Waals surface area contributed by atoms with E-state index in [2.05, 4.69) is 36.8 Å². The number of piperazine rings is 1. The molecule has 2 aromatic heterocycles. The van der Waals surface area contributed by atoms with Crippen LogP contribution in [0, 0.1) is 18.3 Å². The number of nitrogens with one attached hydrogen (secondary N) is 3. The molecule has 3 aliphatic rings. The molecule has 5 N–H and O–H groups in total. The number of alkyl halides is 3. The van der Waals surface area contributed by atoms with E-state index in [4.69, 9.17) is 23.9 Å². The fourth-order valence-corrected chi connectivity index (χ4v) is 11.5. The van der Waals surface area contributed by atoms with E-state index < -0.39 is 53.1 Å². The number of nitrogens with zero attached hydrogens (tertiary/aromatic N) is 6. The Bertz CT molecular complexity index is 2900. The van der Waals surface area contributed by atoms with Gasteiger partial charge in [-0.3, -0.25) is 34.3 Å². The quantitative estimate of drug-likeness (QED) is 0.0376. The number of aryl methyl sites for hydroxylation is 1. The van der Waals surface area contributed by atoms with E-state index in [9.17, 15) is 42.6 Å². The lowest BCUT2D eigenvalue weighted by Crippen LogP contribution is -2.58. The molecule has 3 fully saturated rings. The third-order valence-electron chi connectivity index (χ3n) is 15.4. The number of halogens is 3. The number of anilines is 1. The van der Waals surface area contributed by atoms with E-state index in [1.54, 1.807) is 16.8 Å². The van der Waals surface area contributed by atoms with Crippen molar-refractivity contribution in [3.05, 3.63) is 100 Å². The van der Waals surface area contributed by atoms with Crippen LogP contribution in [0.4, 0.5) is 19.1 Å². The van der Waals surface area contributed by atoms with Gasteiger partial charge in [-0.1, -0.05) is 57.2 Å². The summed E-state index contributed by atoms with van der Waals surface area (Å²) in [6.07, 6.45) is -2.20. The lowest BCUT2D eigenvalue weighted by Gasteiger charge is -2.35. The number of likely N-dealkylation sites (tertiary alicyclic amines) is 1. The van der Waals surface area contributed by atoms with Crippen LogP contribution in [0.25, 0.3) is 21.5 Å². The maximum Gasteiger partial charge on any atom is 0.416 e. The standard InChI is InChI=1S/C59H78F3N9O10S/c1-39-52(82-38-64-39)43-13-8-40(9-14-43)33-63-55(76)50-32-47(73)35-70(50)56(77)53(58(2,3)4)66-51(74)37-81-29-28-80-27-26-79-25-24-78-23-22-68-18-20-69(21-19-68)34-42-12-17-49-48(30-42)65-57(71(49)46-15-10-41(36-72)11-16-46)67-54(75)44-6-5-7-45(31-44)59(60,61)62/h5-9,12-14,17,30-31,38,41,46-47,50,53,72-73H,10-11,15-16,18-29,32-37H2,1-4H3,(H,63,76)(H,66,74)(H,65,67,75)/t41-,46+,47-,50+,53-/m1/s1. The third-order valence-corrected chi connectivity index (χ3v) is 16.3. The van der Waals surface area contributed by atoms with Gasteiger partial charge in [0.25, 0.3) is 5.91 Å². The van der Waals surface area contributed by atoms with Gasteiger partial charge >= 0.3 is 6.18 Å². The molecule has 8 rings (SSSR count). The second kappa shape index (κ2) is 29.1. The lowest BCUT2D eigenvalue weighted by molar-refractivity contribution is -0.144. The molecule has 3 aromatic carbocycles. The molecule has 0 bridgehead atoms. The summed E-state index contributed by atoms with van der Waals surface area (Å²) in [5, 5.41) is 28.9. The fourth-order valence-electron chi connectivity index (χ4n) is 10.7. The molecule has 19 nitrogen and oxygen atoms in total. The molecular formula is C59H78F3N9O10S. The van der Waals surface area contributed by atoms with Crippen LogP contribution in [0.1, 0.15) is 91.7 Å². The SMILES string of the molecule is Cc1ncsc1-c1ccc(CNC(=O)[C@@H]2C[C@@H](O)CN2C(=O)[C@@H](NC(=O)COCCOCCOCCOCCN2CCN(Cc3ccc4c(c3)nc(NC(=O)c3cccc(C(F)(F)F)c3)n4[C@H]3CC[C@@H](CO)CC3)CC2)C(C)(C)C)cc1. The van der Waals surface area contributed by atoms with Gasteiger partial charge in [0.1, 0.15) is 18.7 Å². The molecule has 5 aromatic rings. The summed E-state index contributed by atoms with van der Waals surface area (Å²) >= 11 is 1.57. The molecule has 2 aliphatic heterocycles. The van der Waals surface area contributed by atoms with Crippen molar-refractivity contribution in [2.24, 2.45) is 11.3 Å². The van der Waals surface area contributed by atoms with Crippen LogP contribution >= 0.6 is 11.3 Å². The van der Waals surface area contributed by atoms with E-state index in [-0.39, 0.29) is 69.4 Å². The Kier molecular flexibility index (Phi) is 22.0. The van der Waals surface area contributed by atoms with Crippen LogP contribution in [0.15, 0.2) is 72.2 Å². The first-order valence-electron chi connectivity index (χ1n) is 28.3. The van der Waals surface area contributed by atoms with Crippen molar-refractivity contribution < 1.29 is 61.5 Å². The number of carbonyl (C=O) groups excluding carboxylic acids is 4. The molecule has 0 radical (unpaired) electrons. The Hall–Kier alpha value is -5.89. The smallest absolute Gasteiger partial charge is 0.396 e. The number of thiazole rings is 1. The highest BCUT2D eigenvalue weighted by Gasteiger charge is 2.44. The van der Waals surface area contributed by atoms with Crippen LogP contribution in [-0.4, -0.2) is 180 Å². The zero-order valence-electron chi connectivity index (χ0n) is 47.3. The summed E-state index contributed by atoms with van der Waals surface area (Å²) in [6.45, 7) is 14.9. The average molecular weight is 1160 g/mol. The first kappa shape index (κ1) is 62.2. The predicted octanol–water partition coefficient (Wildman–Crippen LogP) is 6.46. The maximum absolute atomic E-state index is 14.0. The second-order valence-electron chi connectivity index (χ2n) is 22.5. The summed E-state index contributed by atoms with van der Waals surface area (Å²) in [6, 6.07) is 16.4. The summed E-state index contributed by atoms with van der Waals surface area (Å²) in [5.41, 5.74) is 5.56. The normalized spacial score (nSPS) is 19.6. The summed E-state index contributed by atoms with van der Waals surface area (Å²) in [5.74, 6) is -1.50. The van der Waals surface area contributed by atoms with Gasteiger partial charge in [-0.05, 0) is 91.0 Å². The number of aliphatic hydroxyl groups excluding tert-OH is 2. The Labute approximate surface area is 480 Å². The average Bonchev–Trinajstić information content (AvgIpc) is 3.73. The summed E-state index contributed by atoms with van der Waals surface area (Å²) < 4.78 is 65.1. The van der Waals surface area contributed by atoms with Gasteiger partial charge in [-0.25, -0.2) is 9.97 Å². The Morgan fingerprint density at radius 1 is 0.817 bits per heavy atom. The zero-order valence-corrected chi connectivity index (χ0v) is 48.1. The van der Waals surface area contributed by atoms with E-state index in [0.717, 1.165) is 103 Å². The van der Waals surface area contributed by atoms with Crippen molar-refractivity contribution in [2.45, 2.75) is 103 Å². The Balaban J connectivity index is 0.674. The van der Waals surface area contributed by atoms with Crippen LogP contribution in [-0.2, 0) is 52.6 Å². The minimum absolute atomic E-state index is 0.00509. The first-order valence-corrected chi connectivity index (χ1v) is 29.1. The minimum atomic E-state index is -4.58. The van der Waals surface area contributed by atoms with Gasteiger partial charge < -0.3 is 49.3 Å². The second-order valence-corrected chi connectivity index (χ2v) is 23.3. The van der Waals surface area contributed by atoms with Crippen molar-refractivity contribution in [3.8, 4) is 10.4 Å². The zero-order chi connectivity index (χ0) is 58.4. The number of hydrogen-bond donors (Lipinski definition) is 5. The number of aromatic nitrogens is 3. The highest BCUT2D eigenvalue weighted by molar-refractivity contribution is 7.13. The number of rotatable bonds is 26. The minimum Gasteiger partial charge on any atom is -0.396 e. The molecule has 3 atom stereocenters. The molecule has 4 amide bonds. The predicted molar refractivity (Wildman–Crippen MR) is 304 cm³/mol. The maximum atomic E-state index is 14.0. The molecule has 0 unspecified atom stereocenters. The number of benzene rings is 3. The van der Waals surface area contributed by atoms with E-state index in [0.29, 0.717) is 51.0 Å². The highest BCUT2D eigenvalue weighted by Crippen LogP contribution is 2.38. The summed E-state index contributed by atoms with van der Waals surface area (Å²) in [7, 11) is 0. The van der Waals surface area contributed by atoms with E-state index >= 15 is 0 Å². The number of amides is 4. The van der Waals surface area contributed by atoms with E-state index in [1.807, 2.05) is 68.7 Å². The molecule has 4 heterocycles.